The van der Waals surface area contributed by atoms with Crippen LogP contribution in [0.2, 0.25) is 0 Å². The minimum atomic E-state index is -1.09. The van der Waals surface area contributed by atoms with Gasteiger partial charge in [-0.1, -0.05) is 6.92 Å². The first kappa shape index (κ1) is 15.1. The maximum Gasteiger partial charge on any atom is 0.315 e. The minimum absolute atomic E-state index is 0.109. The van der Waals surface area contributed by atoms with E-state index in [4.69, 9.17) is 5.11 Å². The third-order valence-electron chi connectivity index (χ3n) is 3.22. The van der Waals surface area contributed by atoms with Gasteiger partial charge in [-0.15, -0.1) is 0 Å². The van der Waals surface area contributed by atoms with Crippen molar-refractivity contribution in [3.05, 3.63) is 30.1 Å². The third kappa shape index (κ3) is 3.53. The van der Waals surface area contributed by atoms with Gasteiger partial charge in [0, 0.05) is 18.9 Å². The summed E-state index contributed by atoms with van der Waals surface area (Å²) in [4.78, 5) is 28.7. The molecule has 2 unspecified atom stereocenters. The van der Waals surface area contributed by atoms with Gasteiger partial charge in [0.1, 0.15) is 5.92 Å². The van der Waals surface area contributed by atoms with Crippen molar-refractivity contribution >= 4 is 11.9 Å². The topological polar surface area (TPSA) is 70.5 Å². The van der Waals surface area contributed by atoms with Crippen LogP contribution in [0, 0.1) is 5.92 Å². The second-order valence-electron chi connectivity index (χ2n) is 4.39. The molecule has 0 aliphatic heterocycles. The number of rotatable bonds is 6. The molecule has 1 N–H and O–H groups in total. The number of aliphatic carboxylic acids is 1. The highest BCUT2D eigenvalue weighted by Crippen LogP contribution is 2.25. The lowest BCUT2D eigenvalue weighted by molar-refractivity contribution is -0.151. The van der Waals surface area contributed by atoms with Crippen molar-refractivity contribution in [2.45, 2.75) is 33.2 Å². The summed E-state index contributed by atoms with van der Waals surface area (Å²) in [7, 11) is 0. The summed E-state index contributed by atoms with van der Waals surface area (Å²) in [6, 6.07) is 3.60. The van der Waals surface area contributed by atoms with E-state index < -0.39 is 11.9 Å². The molecule has 104 valence electrons. The van der Waals surface area contributed by atoms with Crippen molar-refractivity contribution in [1.29, 1.82) is 0 Å². The van der Waals surface area contributed by atoms with Gasteiger partial charge in [0.15, 0.2) is 0 Å². The molecule has 0 aliphatic rings. The fraction of sp³-hybridized carbons (Fsp3) is 0.500. The van der Waals surface area contributed by atoms with Crippen LogP contribution in [0.5, 0.6) is 0 Å². The summed E-state index contributed by atoms with van der Waals surface area (Å²) >= 11 is 0. The van der Waals surface area contributed by atoms with E-state index in [2.05, 4.69) is 4.98 Å². The Kier molecular flexibility index (Phi) is 5.48. The maximum atomic E-state index is 12.2. The number of hydrogen-bond donors (Lipinski definition) is 1. The Morgan fingerprint density at radius 1 is 1.32 bits per heavy atom. The molecule has 0 fully saturated rings. The van der Waals surface area contributed by atoms with Crippen LogP contribution in [0.1, 0.15) is 38.8 Å². The Balaban J connectivity index is 3.00. The van der Waals surface area contributed by atoms with Gasteiger partial charge in [0.05, 0.1) is 6.04 Å². The largest absolute Gasteiger partial charge is 0.481 e. The molecule has 0 aromatic carbocycles. The van der Waals surface area contributed by atoms with Crippen molar-refractivity contribution in [3.63, 3.8) is 0 Å². The molecule has 5 heteroatoms. The molecule has 2 atom stereocenters. The molecule has 0 saturated carbocycles. The first-order valence-electron chi connectivity index (χ1n) is 6.46. The number of amides is 1. The zero-order valence-electron chi connectivity index (χ0n) is 11.5. The lowest BCUT2D eigenvalue weighted by atomic mass is 10.0. The molecule has 1 aromatic rings. The molecule has 0 radical (unpaired) electrons. The monoisotopic (exact) mass is 264 g/mol. The Labute approximate surface area is 113 Å². The van der Waals surface area contributed by atoms with Crippen molar-refractivity contribution in [3.8, 4) is 0 Å². The summed E-state index contributed by atoms with van der Waals surface area (Å²) in [5, 5.41) is 8.96. The van der Waals surface area contributed by atoms with E-state index in [1.165, 1.54) is 6.92 Å². The molecule has 0 bridgehead atoms. The maximum absolute atomic E-state index is 12.2. The fourth-order valence-electron chi connectivity index (χ4n) is 2.11. The average Bonchev–Trinajstić information content (AvgIpc) is 2.43. The second kappa shape index (κ2) is 6.87. The molecular weight excluding hydrogens is 244 g/mol. The molecular formula is C14H20N2O3. The van der Waals surface area contributed by atoms with E-state index in [9.17, 15) is 9.59 Å². The average molecular weight is 264 g/mol. The Hall–Kier alpha value is -1.91. The molecule has 1 heterocycles. The van der Waals surface area contributed by atoms with E-state index in [1.807, 2.05) is 26.0 Å². The van der Waals surface area contributed by atoms with Crippen LogP contribution < -0.4 is 0 Å². The number of carboxylic acid groups (broad SMARTS) is 1. The SMILES string of the molecule is CCC(c1ccncc1)N(CC)C(=O)C(C)C(=O)O. The molecule has 1 amide bonds. The summed E-state index contributed by atoms with van der Waals surface area (Å²) in [5.74, 6) is -2.46. The van der Waals surface area contributed by atoms with Crippen LogP contribution in [0.15, 0.2) is 24.5 Å². The molecule has 1 rings (SSSR count). The lowest BCUT2D eigenvalue weighted by Gasteiger charge is -2.31. The van der Waals surface area contributed by atoms with Crippen LogP contribution in [0.3, 0.4) is 0 Å². The van der Waals surface area contributed by atoms with E-state index in [0.717, 1.165) is 12.0 Å². The highest BCUT2D eigenvalue weighted by atomic mass is 16.4. The van der Waals surface area contributed by atoms with Crippen LogP contribution in [-0.2, 0) is 9.59 Å². The zero-order valence-corrected chi connectivity index (χ0v) is 11.5. The summed E-state index contributed by atoms with van der Waals surface area (Å²) in [6.07, 6.45) is 4.09. The number of nitrogens with zero attached hydrogens (tertiary/aromatic N) is 2. The van der Waals surface area contributed by atoms with Gasteiger partial charge in [-0.3, -0.25) is 14.6 Å². The highest BCUT2D eigenvalue weighted by Gasteiger charge is 2.29. The number of carbonyl (C=O) groups excluding carboxylic acids is 1. The lowest BCUT2D eigenvalue weighted by Crippen LogP contribution is -2.40. The van der Waals surface area contributed by atoms with E-state index in [1.54, 1.807) is 17.3 Å². The van der Waals surface area contributed by atoms with Gasteiger partial charge in [0.25, 0.3) is 0 Å². The number of pyridine rings is 1. The molecule has 0 saturated heterocycles. The van der Waals surface area contributed by atoms with E-state index in [-0.39, 0.29) is 11.9 Å². The van der Waals surface area contributed by atoms with E-state index in [0.29, 0.717) is 6.54 Å². The number of hydrogen-bond acceptors (Lipinski definition) is 3. The quantitative estimate of drug-likeness (QED) is 0.799. The van der Waals surface area contributed by atoms with Crippen molar-refractivity contribution < 1.29 is 14.7 Å². The molecule has 19 heavy (non-hydrogen) atoms. The third-order valence-corrected chi connectivity index (χ3v) is 3.22. The summed E-state index contributed by atoms with van der Waals surface area (Å²) < 4.78 is 0. The zero-order chi connectivity index (χ0) is 14.4. The van der Waals surface area contributed by atoms with Crippen molar-refractivity contribution in [1.82, 2.24) is 9.88 Å². The number of aromatic nitrogens is 1. The number of carbonyl (C=O) groups is 2. The van der Waals surface area contributed by atoms with Crippen LogP contribution in [0.4, 0.5) is 0 Å². The predicted molar refractivity (Wildman–Crippen MR) is 71.5 cm³/mol. The number of carboxylic acids is 1. The Bertz CT molecular complexity index is 434. The molecule has 5 nitrogen and oxygen atoms in total. The summed E-state index contributed by atoms with van der Waals surface area (Å²) in [5.41, 5.74) is 0.977. The van der Waals surface area contributed by atoms with E-state index >= 15 is 0 Å². The Morgan fingerprint density at radius 2 is 1.89 bits per heavy atom. The standard InChI is InChI=1S/C14H20N2O3/c1-4-12(11-6-8-15-9-7-11)16(5-2)13(17)10(3)14(18)19/h6-10,12H,4-5H2,1-3H3,(H,18,19). The van der Waals surface area contributed by atoms with Crippen LogP contribution in [0.25, 0.3) is 0 Å². The first-order chi connectivity index (χ1) is 9.02. The molecule has 0 spiro atoms. The van der Waals surface area contributed by atoms with Crippen molar-refractivity contribution in [2.75, 3.05) is 6.54 Å². The smallest absolute Gasteiger partial charge is 0.315 e. The molecule has 1 aromatic heterocycles. The highest BCUT2D eigenvalue weighted by molar-refractivity contribution is 5.96. The van der Waals surface area contributed by atoms with Gasteiger partial charge in [0.2, 0.25) is 5.91 Å². The second-order valence-corrected chi connectivity index (χ2v) is 4.39. The fourth-order valence-corrected chi connectivity index (χ4v) is 2.11. The van der Waals surface area contributed by atoms with Gasteiger partial charge in [-0.25, -0.2) is 0 Å². The van der Waals surface area contributed by atoms with Gasteiger partial charge < -0.3 is 10.0 Å². The predicted octanol–water partition coefficient (Wildman–Crippen LogP) is 2.10. The van der Waals surface area contributed by atoms with Crippen molar-refractivity contribution in [2.24, 2.45) is 5.92 Å². The normalized spacial score (nSPS) is 13.6. The molecule has 0 aliphatic carbocycles. The van der Waals surface area contributed by atoms with Gasteiger partial charge >= 0.3 is 5.97 Å². The van der Waals surface area contributed by atoms with Gasteiger partial charge in [-0.2, -0.15) is 0 Å². The summed E-state index contributed by atoms with van der Waals surface area (Å²) in [6.45, 7) is 5.74. The van der Waals surface area contributed by atoms with Crippen LogP contribution in [-0.4, -0.2) is 33.4 Å². The Morgan fingerprint density at radius 3 is 2.32 bits per heavy atom. The van der Waals surface area contributed by atoms with Crippen LogP contribution >= 0.6 is 0 Å². The first-order valence-corrected chi connectivity index (χ1v) is 6.46. The minimum Gasteiger partial charge on any atom is -0.481 e. The van der Waals surface area contributed by atoms with Gasteiger partial charge in [-0.05, 0) is 38.0 Å².